The molecule has 2 rings (SSSR count). The number of hydrogen-bond donors (Lipinski definition) is 2. The lowest BCUT2D eigenvalue weighted by atomic mass is 10.4. The Balaban J connectivity index is 2.10. The van der Waals surface area contributed by atoms with Crippen molar-refractivity contribution in [2.75, 3.05) is 17.2 Å². The highest BCUT2D eigenvalue weighted by molar-refractivity contribution is 5.36. The zero-order chi connectivity index (χ0) is 15.2. The third-order valence-corrected chi connectivity index (χ3v) is 2.51. The van der Waals surface area contributed by atoms with Gasteiger partial charge in [-0.05, 0) is 39.8 Å². The normalized spacial score (nSPS) is 10.7. The van der Waals surface area contributed by atoms with Gasteiger partial charge in [0.05, 0.1) is 12.6 Å². The van der Waals surface area contributed by atoms with Gasteiger partial charge in [-0.25, -0.2) is 0 Å². The Kier molecular flexibility index (Phi) is 4.97. The van der Waals surface area contributed by atoms with Gasteiger partial charge in [-0.3, -0.25) is 0 Å². The maximum Gasteiger partial charge on any atom is 0.323 e. The van der Waals surface area contributed by atoms with E-state index in [1.807, 2.05) is 39.8 Å². The standard InChI is InChI=1S/C14H21N5O2/c1-5-15-12-17-13(19-14(18-12)20-9(2)3)16-8-11-7-6-10(4)21-11/h6-7,9H,5,8H2,1-4H3,(H2,15,16,17,18,19). The summed E-state index contributed by atoms with van der Waals surface area (Å²) < 4.78 is 11.0. The van der Waals surface area contributed by atoms with E-state index in [1.165, 1.54) is 0 Å². The molecule has 0 saturated carbocycles. The Morgan fingerprint density at radius 3 is 2.43 bits per heavy atom. The number of nitrogens with zero attached hydrogens (tertiary/aromatic N) is 3. The summed E-state index contributed by atoms with van der Waals surface area (Å²) in [7, 11) is 0. The first-order valence-electron chi connectivity index (χ1n) is 7.02. The zero-order valence-electron chi connectivity index (χ0n) is 12.8. The highest BCUT2D eigenvalue weighted by Gasteiger charge is 2.09. The number of aromatic nitrogens is 3. The fourth-order valence-electron chi connectivity index (χ4n) is 1.68. The Morgan fingerprint density at radius 2 is 1.86 bits per heavy atom. The van der Waals surface area contributed by atoms with Crippen molar-refractivity contribution in [2.24, 2.45) is 0 Å². The minimum Gasteiger partial charge on any atom is -0.465 e. The van der Waals surface area contributed by atoms with E-state index in [9.17, 15) is 0 Å². The Bertz CT molecular complexity index is 582. The van der Waals surface area contributed by atoms with Crippen LogP contribution < -0.4 is 15.4 Å². The summed E-state index contributed by atoms with van der Waals surface area (Å²) in [5, 5.41) is 6.17. The summed E-state index contributed by atoms with van der Waals surface area (Å²) in [6.07, 6.45) is 0.00227. The van der Waals surface area contributed by atoms with Gasteiger partial charge < -0.3 is 19.8 Å². The molecule has 0 saturated heterocycles. The molecule has 0 fully saturated rings. The highest BCUT2D eigenvalue weighted by atomic mass is 16.5. The highest BCUT2D eigenvalue weighted by Crippen LogP contribution is 2.14. The summed E-state index contributed by atoms with van der Waals surface area (Å²) in [6, 6.07) is 4.14. The smallest absolute Gasteiger partial charge is 0.323 e. The third-order valence-electron chi connectivity index (χ3n) is 2.51. The van der Waals surface area contributed by atoms with Crippen molar-refractivity contribution in [1.82, 2.24) is 15.0 Å². The van der Waals surface area contributed by atoms with Crippen molar-refractivity contribution in [1.29, 1.82) is 0 Å². The summed E-state index contributed by atoms with van der Waals surface area (Å²) in [5.74, 6) is 2.63. The van der Waals surface area contributed by atoms with Crippen LogP contribution in [0.5, 0.6) is 6.01 Å². The third kappa shape index (κ3) is 4.62. The average molecular weight is 291 g/mol. The van der Waals surface area contributed by atoms with Crippen molar-refractivity contribution in [3.05, 3.63) is 23.7 Å². The number of ether oxygens (including phenoxy) is 1. The largest absolute Gasteiger partial charge is 0.465 e. The van der Waals surface area contributed by atoms with Gasteiger partial charge in [0.15, 0.2) is 0 Å². The number of nitrogens with one attached hydrogen (secondary N) is 2. The molecule has 0 bridgehead atoms. The van der Waals surface area contributed by atoms with Crippen LogP contribution in [-0.4, -0.2) is 27.6 Å². The molecule has 0 aromatic carbocycles. The van der Waals surface area contributed by atoms with Crippen LogP contribution in [0.3, 0.4) is 0 Å². The Morgan fingerprint density at radius 1 is 1.14 bits per heavy atom. The second-order valence-electron chi connectivity index (χ2n) is 4.83. The molecule has 7 nitrogen and oxygen atoms in total. The molecule has 0 radical (unpaired) electrons. The quantitative estimate of drug-likeness (QED) is 0.811. The molecule has 2 N–H and O–H groups in total. The molecule has 0 aliphatic carbocycles. The van der Waals surface area contributed by atoms with E-state index in [2.05, 4.69) is 25.6 Å². The minimum atomic E-state index is 0.00227. The van der Waals surface area contributed by atoms with Gasteiger partial charge in [0, 0.05) is 6.54 Å². The molecule has 2 heterocycles. The van der Waals surface area contributed by atoms with Crippen LogP contribution in [0.2, 0.25) is 0 Å². The molecular weight excluding hydrogens is 270 g/mol. The molecule has 0 atom stereocenters. The van der Waals surface area contributed by atoms with Crippen molar-refractivity contribution in [2.45, 2.75) is 40.3 Å². The van der Waals surface area contributed by atoms with Gasteiger partial charge in [-0.1, -0.05) is 0 Å². The molecule has 0 aliphatic heterocycles. The first kappa shape index (κ1) is 15.1. The van der Waals surface area contributed by atoms with Crippen LogP contribution in [0.15, 0.2) is 16.5 Å². The number of furan rings is 1. The molecule has 21 heavy (non-hydrogen) atoms. The fraction of sp³-hybridized carbons (Fsp3) is 0.500. The maximum absolute atomic E-state index is 5.53. The molecule has 0 aliphatic rings. The predicted molar refractivity (Wildman–Crippen MR) is 80.5 cm³/mol. The van der Waals surface area contributed by atoms with Crippen LogP contribution in [0.1, 0.15) is 32.3 Å². The molecule has 7 heteroatoms. The summed E-state index contributed by atoms with van der Waals surface area (Å²) in [6.45, 7) is 8.97. The Hall–Kier alpha value is -2.31. The molecule has 2 aromatic heterocycles. The van der Waals surface area contributed by atoms with Gasteiger partial charge in [-0.15, -0.1) is 0 Å². The van der Waals surface area contributed by atoms with Gasteiger partial charge in [0.2, 0.25) is 11.9 Å². The summed E-state index contributed by atoms with van der Waals surface area (Å²) in [4.78, 5) is 12.7. The summed E-state index contributed by atoms with van der Waals surface area (Å²) in [5.41, 5.74) is 0. The van der Waals surface area contributed by atoms with Gasteiger partial charge in [0.25, 0.3) is 0 Å². The lowest BCUT2D eigenvalue weighted by molar-refractivity contribution is 0.222. The average Bonchev–Trinajstić information content (AvgIpc) is 2.82. The zero-order valence-corrected chi connectivity index (χ0v) is 12.8. The second kappa shape index (κ2) is 6.92. The fourth-order valence-corrected chi connectivity index (χ4v) is 1.68. The van der Waals surface area contributed by atoms with E-state index in [1.54, 1.807) is 0 Å². The second-order valence-corrected chi connectivity index (χ2v) is 4.83. The van der Waals surface area contributed by atoms with E-state index in [0.717, 1.165) is 18.1 Å². The number of hydrogen-bond acceptors (Lipinski definition) is 7. The van der Waals surface area contributed by atoms with E-state index in [4.69, 9.17) is 9.15 Å². The first-order chi connectivity index (χ1) is 10.1. The van der Waals surface area contributed by atoms with Crippen LogP contribution in [0.4, 0.5) is 11.9 Å². The minimum absolute atomic E-state index is 0.00227. The van der Waals surface area contributed by atoms with Crippen molar-refractivity contribution in [3.8, 4) is 6.01 Å². The van der Waals surface area contributed by atoms with Gasteiger partial charge in [0.1, 0.15) is 11.5 Å². The molecular formula is C14H21N5O2. The van der Waals surface area contributed by atoms with Crippen LogP contribution in [-0.2, 0) is 6.54 Å². The predicted octanol–water partition coefficient (Wildman–Crippen LogP) is 2.60. The monoisotopic (exact) mass is 291 g/mol. The van der Waals surface area contributed by atoms with E-state index >= 15 is 0 Å². The van der Waals surface area contributed by atoms with E-state index in [-0.39, 0.29) is 6.10 Å². The van der Waals surface area contributed by atoms with Crippen LogP contribution in [0.25, 0.3) is 0 Å². The molecule has 0 unspecified atom stereocenters. The van der Waals surface area contributed by atoms with Crippen LogP contribution >= 0.6 is 0 Å². The molecule has 2 aromatic rings. The lowest BCUT2D eigenvalue weighted by Gasteiger charge is -2.11. The van der Waals surface area contributed by atoms with E-state index in [0.29, 0.717) is 24.5 Å². The van der Waals surface area contributed by atoms with Gasteiger partial charge >= 0.3 is 6.01 Å². The SMILES string of the molecule is CCNc1nc(NCc2ccc(C)o2)nc(OC(C)C)n1. The molecule has 114 valence electrons. The van der Waals surface area contributed by atoms with Crippen LogP contribution in [0, 0.1) is 6.92 Å². The number of anilines is 2. The summed E-state index contributed by atoms with van der Waals surface area (Å²) >= 11 is 0. The van der Waals surface area contributed by atoms with Crippen molar-refractivity contribution < 1.29 is 9.15 Å². The van der Waals surface area contributed by atoms with Crippen molar-refractivity contribution >= 4 is 11.9 Å². The molecule has 0 spiro atoms. The number of rotatable bonds is 7. The van der Waals surface area contributed by atoms with Crippen molar-refractivity contribution in [3.63, 3.8) is 0 Å². The lowest BCUT2D eigenvalue weighted by Crippen LogP contribution is -2.13. The molecule has 0 amide bonds. The maximum atomic E-state index is 5.53. The van der Waals surface area contributed by atoms with E-state index < -0.39 is 0 Å². The van der Waals surface area contributed by atoms with Gasteiger partial charge in [-0.2, -0.15) is 15.0 Å². The topological polar surface area (TPSA) is 85.1 Å². The first-order valence-corrected chi connectivity index (χ1v) is 7.02. The Labute approximate surface area is 124 Å². The number of aryl methyl sites for hydroxylation is 1.